The fourth-order valence-corrected chi connectivity index (χ4v) is 10.0. The van der Waals surface area contributed by atoms with Gasteiger partial charge < -0.3 is 14.5 Å². The monoisotopic (exact) mass is 760 g/mol. The molecule has 290 valence electrons. The molecule has 3 heterocycles. The summed E-state index contributed by atoms with van der Waals surface area (Å²) >= 11 is 0. The van der Waals surface area contributed by atoms with E-state index in [1.54, 1.807) is 28.1 Å². The van der Waals surface area contributed by atoms with Crippen LogP contribution in [0.4, 0.5) is 4.39 Å². The van der Waals surface area contributed by atoms with Gasteiger partial charge in [0.2, 0.25) is 15.9 Å². The molecule has 0 N–H and O–H groups in total. The van der Waals surface area contributed by atoms with Crippen LogP contribution in [0.3, 0.4) is 0 Å². The Bertz CT molecular complexity index is 1920. The van der Waals surface area contributed by atoms with Gasteiger partial charge in [-0.05, 0) is 127 Å². The van der Waals surface area contributed by atoms with E-state index in [-0.39, 0.29) is 58.0 Å². The van der Waals surface area contributed by atoms with Crippen molar-refractivity contribution in [2.75, 3.05) is 39.3 Å². The summed E-state index contributed by atoms with van der Waals surface area (Å²) in [5.41, 5.74) is 2.24. The number of nitrogens with zero attached hydrogens (tertiary/aromatic N) is 6. The predicted molar refractivity (Wildman–Crippen MR) is 205 cm³/mol. The quantitative estimate of drug-likeness (QED) is 0.200. The molecule has 11 nitrogen and oxygen atoms in total. The Morgan fingerprint density at radius 1 is 0.981 bits per heavy atom. The van der Waals surface area contributed by atoms with Gasteiger partial charge in [0.1, 0.15) is 17.9 Å². The Hall–Kier alpha value is -4.20. The summed E-state index contributed by atoms with van der Waals surface area (Å²) in [6, 6.07) is 11.1. The number of piperidine rings is 1. The van der Waals surface area contributed by atoms with E-state index in [4.69, 9.17) is 4.74 Å². The van der Waals surface area contributed by atoms with Crippen molar-refractivity contribution in [3.8, 4) is 11.5 Å². The molecule has 3 aromatic rings. The molecule has 3 aliphatic rings. The molecule has 1 spiro atoms. The number of carbonyl (C=O) groups excluding carboxylic acids is 2. The van der Waals surface area contributed by atoms with Crippen LogP contribution < -0.4 is 4.74 Å². The summed E-state index contributed by atoms with van der Waals surface area (Å²) in [4.78, 5) is 40.7. The van der Waals surface area contributed by atoms with Crippen LogP contribution in [-0.2, 0) is 21.4 Å². The first kappa shape index (κ1) is 39.5. The van der Waals surface area contributed by atoms with Crippen molar-refractivity contribution in [1.82, 2.24) is 29.0 Å². The van der Waals surface area contributed by atoms with Crippen molar-refractivity contribution in [2.24, 2.45) is 5.41 Å². The van der Waals surface area contributed by atoms with Crippen LogP contribution in [-0.4, -0.2) is 101 Å². The molecular weight excluding hydrogens is 708 g/mol. The van der Waals surface area contributed by atoms with Crippen molar-refractivity contribution in [2.45, 2.75) is 95.7 Å². The third-order valence-electron chi connectivity index (χ3n) is 11.4. The van der Waals surface area contributed by atoms with Crippen molar-refractivity contribution >= 4 is 21.8 Å². The molecule has 0 radical (unpaired) electrons. The molecule has 2 amide bonds. The first-order chi connectivity index (χ1) is 25.8. The van der Waals surface area contributed by atoms with E-state index >= 15 is 0 Å². The topological polar surface area (TPSA) is 116 Å². The maximum absolute atomic E-state index is 14.5. The summed E-state index contributed by atoms with van der Waals surface area (Å²) in [5, 5.41) is 0. The second-order valence-corrected chi connectivity index (χ2v) is 17.5. The number of hydrogen-bond donors (Lipinski definition) is 0. The first-order valence-electron chi connectivity index (χ1n) is 19.1. The molecule has 13 heteroatoms. The van der Waals surface area contributed by atoms with Gasteiger partial charge in [0.25, 0.3) is 5.91 Å². The van der Waals surface area contributed by atoms with Gasteiger partial charge in [-0.3, -0.25) is 14.5 Å². The minimum atomic E-state index is -3.67. The number of carbonyl (C=O) groups is 2. The standard InChI is InChI=1S/C41H53FN6O5S/c1-6-38(49)46-18-7-19-47(23-22-46)54(51,52)34-11-8-31(9-12-34)27-45-20-16-41(17-21-45)15-14-32(25-41)39-37(26-43-28-44-39)53-36-13-10-33(42)24-35(36)40(50)48(29(2)3)30(4)5/h6,8-13,24,26,28-30,32H,1,7,14-23,25,27H2,2-5H3. The van der Waals surface area contributed by atoms with Crippen LogP contribution >= 0.6 is 0 Å². The zero-order chi connectivity index (χ0) is 38.6. The van der Waals surface area contributed by atoms with Gasteiger partial charge >= 0.3 is 0 Å². The zero-order valence-corrected chi connectivity index (χ0v) is 32.7. The highest BCUT2D eigenvalue weighted by Crippen LogP contribution is 2.53. The highest BCUT2D eigenvalue weighted by Gasteiger charge is 2.43. The molecule has 2 saturated heterocycles. The molecule has 2 aliphatic heterocycles. The average molecular weight is 761 g/mol. The molecule has 3 fully saturated rings. The van der Waals surface area contributed by atoms with Crippen LogP contribution in [0.15, 0.2) is 72.5 Å². The number of rotatable bonds is 11. The number of sulfonamides is 1. The third kappa shape index (κ3) is 8.68. The minimum Gasteiger partial charge on any atom is -0.453 e. The van der Waals surface area contributed by atoms with Gasteiger partial charge in [0.05, 0.1) is 22.3 Å². The number of amides is 2. The van der Waals surface area contributed by atoms with Gasteiger partial charge in [-0.1, -0.05) is 18.7 Å². The molecule has 1 aliphatic carbocycles. The van der Waals surface area contributed by atoms with E-state index in [1.165, 1.54) is 34.9 Å². The Morgan fingerprint density at radius 3 is 2.39 bits per heavy atom. The van der Waals surface area contributed by atoms with Gasteiger partial charge in [0.15, 0.2) is 5.75 Å². The van der Waals surface area contributed by atoms with Crippen LogP contribution in [0.5, 0.6) is 11.5 Å². The highest BCUT2D eigenvalue weighted by molar-refractivity contribution is 7.89. The smallest absolute Gasteiger partial charge is 0.258 e. The third-order valence-corrected chi connectivity index (χ3v) is 13.3. The molecule has 1 aromatic heterocycles. The first-order valence-corrected chi connectivity index (χ1v) is 20.6. The van der Waals surface area contributed by atoms with E-state index in [1.807, 2.05) is 39.8 Å². The number of likely N-dealkylation sites (tertiary alicyclic amines) is 1. The van der Waals surface area contributed by atoms with Crippen LogP contribution in [0, 0.1) is 11.2 Å². The molecular formula is C41H53FN6O5S. The fraction of sp³-hybridized carbons (Fsp3) is 0.512. The molecule has 1 atom stereocenters. The summed E-state index contributed by atoms with van der Waals surface area (Å²) in [5.74, 6) is -0.0236. The Balaban J connectivity index is 1.06. The number of benzene rings is 2. The summed E-state index contributed by atoms with van der Waals surface area (Å²) in [7, 11) is -3.67. The number of aromatic nitrogens is 2. The second kappa shape index (κ2) is 16.7. The average Bonchev–Trinajstić information content (AvgIpc) is 3.38. The molecule has 0 bridgehead atoms. The number of ether oxygens (including phenoxy) is 1. The molecule has 54 heavy (non-hydrogen) atoms. The summed E-state index contributed by atoms with van der Waals surface area (Å²) in [6.45, 7) is 15.4. The Kier molecular flexibility index (Phi) is 12.2. The zero-order valence-electron chi connectivity index (χ0n) is 31.9. The van der Waals surface area contributed by atoms with Crippen molar-refractivity contribution < 1.29 is 27.1 Å². The van der Waals surface area contributed by atoms with Crippen LogP contribution in [0.25, 0.3) is 0 Å². The van der Waals surface area contributed by atoms with Gasteiger partial charge in [-0.15, -0.1) is 0 Å². The van der Waals surface area contributed by atoms with Gasteiger partial charge in [-0.25, -0.2) is 22.8 Å². The van der Waals surface area contributed by atoms with E-state index in [2.05, 4.69) is 21.4 Å². The summed E-state index contributed by atoms with van der Waals surface area (Å²) in [6.07, 6.45) is 10.1. The van der Waals surface area contributed by atoms with Crippen molar-refractivity contribution in [3.63, 3.8) is 0 Å². The van der Waals surface area contributed by atoms with E-state index < -0.39 is 15.8 Å². The minimum absolute atomic E-state index is 0.0744. The Morgan fingerprint density at radius 2 is 1.70 bits per heavy atom. The maximum atomic E-state index is 14.5. The molecule has 1 saturated carbocycles. The number of halogens is 1. The lowest BCUT2D eigenvalue weighted by molar-refractivity contribution is -0.125. The van der Waals surface area contributed by atoms with Crippen LogP contribution in [0.1, 0.15) is 93.8 Å². The maximum Gasteiger partial charge on any atom is 0.258 e. The second-order valence-electron chi connectivity index (χ2n) is 15.6. The summed E-state index contributed by atoms with van der Waals surface area (Å²) < 4.78 is 49.2. The van der Waals surface area contributed by atoms with E-state index in [9.17, 15) is 22.4 Å². The van der Waals surface area contributed by atoms with E-state index in [0.29, 0.717) is 31.8 Å². The van der Waals surface area contributed by atoms with E-state index in [0.717, 1.165) is 63.0 Å². The van der Waals surface area contributed by atoms with Crippen LogP contribution in [0.2, 0.25) is 0 Å². The lowest BCUT2D eigenvalue weighted by atomic mass is 9.76. The van der Waals surface area contributed by atoms with Gasteiger partial charge in [-0.2, -0.15) is 4.31 Å². The molecule has 1 unspecified atom stereocenters. The molecule has 6 rings (SSSR count). The van der Waals surface area contributed by atoms with Crippen molar-refractivity contribution in [3.05, 3.63) is 90.3 Å². The fourth-order valence-electron chi connectivity index (χ4n) is 8.53. The lowest BCUT2D eigenvalue weighted by Gasteiger charge is -2.39. The number of hydrogen-bond acceptors (Lipinski definition) is 8. The normalized spacial score (nSPS) is 19.6. The SMILES string of the molecule is C=CC(=O)N1CCCN(S(=O)(=O)c2ccc(CN3CCC4(CCC(c5ncncc5Oc5ccc(F)cc5C(=O)N(C(C)C)C(C)C)C4)CC3)cc2)CC1. The van der Waals surface area contributed by atoms with Gasteiger partial charge in [0, 0.05) is 50.7 Å². The largest absolute Gasteiger partial charge is 0.453 e. The Labute approximate surface area is 319 Å². The molecule has 2 aromatic carbocycles. The predicted octanol–water partition coefficient (Wildman–Crippen LogP) is 6.63. The van der Waals surface area contributed by atoms with Crippen molar-refractivity contribution in [1.29, 1.82) is 0 Å². The lowest BCUT2D eigenvalue weighted by Crippen LogP contribution is -2.42. The highest BCUT2D eigenvalue weighted by atomic mass is 32.2.